The van der Waals surface area contributed by atoms with Crippen molar-refractivity contribution in [3.63, 3.8) is 0 Å². The second kappa shape index (κ2) is 12.5. The van der Waals surface area contributed by atoms with Crippen molar-refractivity contribution >= 4 is 13.4 Å². The Labute approximate surface area is 200 Å². The van der Waals surface area contributed by atoms with Gasteiger partial charge in [-0.15, -0.1) is 0 Å². The molecule has 12 heteroatoms. The van der Waals surface area contributed by atoms with Crippen LogP contribution in [0.4, 0.5) is 8.78 Å². The predicted molar refractivity (Wildman–Crippen MR) is 125 cm³/mol. The van der Waals surface area contributed by atoms with Crippen LogP contribution in [0.5, 0.6) is 0 Å². The molecule has 186 valence electrons. The van der Waals surface area contributed by atoms with Crippen LogP contribution >= 0.6 is 7.82 Å². The molecular formula is C23H25F2N4O5P. The summed E-state index contributed by atoms with van der Waals surface area (Å²) in [5.41, 5.74) is 9.24. The molecule has 0 bridgehead atoms. The number of aromatic nitrogens is 2. The molecular weight excluding hydrogens is 481 g/mol. The molecule has 3 rings (SSSR count). The lowest BCUT2D eigenvalue weighted by Crippen LogP contribution is -2.09. The minimum atomic E-state index is -4.03. The van der Waals surface area contributed by atoms with Gasteiger partial charge in [-0.25, -0.2) is 13.9 Å². The normalized spacial score (nSPS) is 13.8. The Morgan fingerprint density at radius 2 is 1.94 bits per heavy atom. The van der Waals surface area contributed by atoms with E-state index in [1.807, 2.05) is 24.3 Å². The van der Waals surface area contributed by atoms with E-state index in [9.17, 15) is 13.3 Å². The highest BCUT2D eigenvalue weighted by Crippen LogP contribution is 2.41. The maximum Gasteiger partial charge on any atom is 0.473 e. The van der Waals surface area contributed by atoms with Crippen LogP contribution in [-0.2, 0) is 26.5 Å². The molecule has 9 nitrogen and oxygen atoms in total. The molecule has 1 unspecified atom stereocenters. The molecule has 2 heterocycles. The number of phosphoric ester groups is 1. The maximum absolute atomic E-state index is 13.8. The molecule has 0 spiro atoms. The maximum atomic E-state index is 13.8. The fraction of sp³-hybridized carbons (Fsp3) is 0.217. The van der Waals surface area contributed by atoms with E-state index in [2.05, 4.69) is 24.5 Å². The summed E-state index contributed by atoms with van der Waals surface area (Å²) in [4.78, 5) is 12.4. The van der Waals surface area contributed by atoms with Gasteiger partial charge in [0, 0.05) is 44.3 Å². The average molecular weight is 506 g/mol. The zero-order valence-electron chi connectivity index (χ0n) is 18.9. The molecule has 2 aromatic heterocycles. The lowest BCUT2D eigenvalue weighted by molar-refractivity contribution is 0.168. The summed E-state index contributed by atoms with van der Waals surface area (Å²) in [6, 6.07) is 10.7. The molecule has 1 atom stereocenters. The summed E-state index contributed by atoms with van der Waals surface area (Å²) in [6.07, 6.45) is 6.87. The highest BCUT2D eigenvalue weighted by Gasteiger charge is 2.17. The predicted octanol–water partition coefficient (Wildman–Crippen LogP) is 3.70. The van der Waals surface area contributed by atoms with E-state index in [-0.39, 0.29) is 25.3 Å². The van der Waals surface area contributed by atoms with E-state index in [1.165, 1.54) is 18.5 Å². The first-order chi connectivity index (χ1) is 16.8. The average Bonchev–Trinajstić information content (AvgIpc) is 3.31. The highest BCUT2D eigenvalue weighted by molar-refractivity contribution is 7.47. The largest absolute Gasteiger partial charge is 0.473 e. The summed E-state index contributed by atoms with van der Waals surface area (Å²) < 4.78 is 52.6. The molecule has 0 aliphatic carbocycles. The Hall–Kier alpha value is -3.21. The number of allylic oxidation sites excluding steroid dienone is 2. The molecule has 0 aliphatic rings. The smallest absolute Gasteiger partial charge is 0.368 e. The summed E-state index contributed by atoms with van der Waals surface area (Å²) in [5.74, 6) is -1.53. The number of hydrogen-bond donors (Lipinski definition) is 3. The number of rotatable bonds is 12. The third-order valence-electron chi connectivity index (χ3n) is 4.88. The minimum Gasteiger partial charge on any atom is -0.368 e. The third-order valence-corrected chi connectivity index (χ3v) is 5.79. The van der Waals surface area contributed by atoms with E-state index < -0.39 is 19.6 Å². The fourth-order valence-electron chi connectivity index (χ4n) is 3.04. The van der Waals surface area contributed by atoms with Crippen LogP contribution in [0.15, 0.2) is 65.5 Å². The molecule has 35 heavy (non-hydrogen) atoms. The van der Waals surface area contributed by atoms with Crippen molar-refractivity contribution in [1.82, 2.24) is 15.5 Å². The van der Waals surface area contributed by atoms with Gasteiger partial charge in [-0.2, -0.15) is 4.39 Å². The number of nitrogens with one attached hydrogen (secondary N) is 1. The second-order valence-corrected chi connectivity index (χ2v) is 8.87. The van der Waals surface area contributed by atoms with Crippen LogP contribution in [0, 0.1) is 11.8 Å². The van der Waals surface area contributed by atoms with Crippen molar-refractivity contribution in [1.29, 1.82) is 0 Å². The Morgan fingerprint density at radius 1 is 1.23 bits per heavy atom. The number of nitrogens with zero attached hydrogens (tertiary/aromatic N) is 2. The van der Waals surface area contributed by atoms with Gasteiger partial charge in [0.2, 0.25) is 5.95 Å². The standard InChI is InChI=1S/C23H25F2N4O5P/c1-32-35(30,31)33-15-27-9-2-3-19(14-26)21-13-20(29-34-21)12-17-6-4-16(5-7-17)11-18-8-10-28-23(25)22(18)24/h2-10,13,27H,11-12,14-15,26H2,1H3,(H,30,31)/b9-2-,19-3+. The molecule has 0 radical (unpaired) electrons. The first-order valence-electron chi connectivity index (χ1n) is 10.5. The first kappa shape index (κ1) is 26.4. The Bertz CT molecular complexity index is 1230. The number of halogens is 2. The van der Waals surface area contributed by atoms with Gasteiger partial charge in [0.25, 0.3) is 0 Å². The summed E-state index contributed by atoms with van der Waals surface area (Å²) in [7, 11) is -2.96. The number of phosphoric acid groups is 1. The molecule has 3 aromatic rings. The van der Waals surface area contributed by atoms with Gasteiger partial charge in [-0.3, -0.25) is 9.05 Å². The lowest BCUT2D eigenvalue weighted by Gasteiger charge is -2.08. The molecule has 1 aromatic carbocycles. The van der Waals surface area contributed by atoms with Crippen molar-refractivity contribution in [2.24, 2.45) is 5.73 Å². The van der Waals surface area contributed by atoms with Crippen LogP contribution in [0.3, 0.4) is 0 Å². The third kappa shape index (κ3) is 7.91. The van der Waals surface area contributed by atoms with Gasteiger partial charge in [0.15, 0.2) is 11.6 Å². The lowest BCUT2D eigenvalue weighted by atomic mass is 10.0. The van der Waals surface area contributed by atoms with Gasteiger partial charge < -0.3 is 20.5 Å². The Morgan fingerprint density at radius 3 is 2.63 bits per heavy atom. The van der Waals surface area contributed by atoms with Gasteiger partial charge in [0.1, 0.15) is 6.73 Å². The number of hydrogen-bond acceptors (Lipinski definition) is 8. The highest BCUT2D eigenvalue weighted by atomic mass is 31.2. The van der Waals surface area contributed by atoms with E-state index >= 15 is 0 Å². The van der Waals surface area contributed by atoms with Crippen LogP contribution in [0.2, 0.25) is 0 Å². The van der Waals surface area contributed by atoms with Crippen LogP contribution < -0.4 is 11.1 Å². The number of nitrogens with two attached hydrogens (primary N) is 1. The Kier molecular flexibility index (Phi) is 9.41. The van der Waals surface area contributed by atoms with Crippen LogP contribution in [0.25, 0.3) is 5.57 Å². The quantitative estimate of drug-likeness (QED) is 0.111. The van der Waals surface area contributed by atoms with E-state index in [4.69, 9.17) is 15.2 Å². The van der Waals surface area contributed by atoms with E-state index in [1.54, 1.807) is 18.2 Å². The van der Waals surface area contributed by atoms with Crippen molar-refractivity contribution < 1.29 is 31.8 Å². The van der Waals surface area contributed by atoms with Crippen molar-refractivity contribution in [3.8, 4) is 0 Å². The first-order valence-corrected chi connectivity index (χ1v) is 12.0. The zero-order chi connectivity index (χ0) is 25.3. The van der Waals surface area contributed by atoms with Gasteiger partial charge >= 0.3 is 7.82 Å². The van der Waals surface area contributed by atoms with Crippen LogP contribution in [0.1, 0.15) is 28.1 Å². The van der Waals surface area contributed by atoms with Crippen molar-refractivity contribution in [2.75, 3.05) is 20.4 Å². The SMILES string of the molecule is COP(=O)(O)OCN/C=C\C=C(/CN)c1cc(Cc2ccc(Cc3ccnc(F)c3F)cc2)no1. The van der Waals surface area contributed by atoms with Gasteiger partial charge in [-0.05, 0) is 35.0 Å². The van der Waals surface area contributed by atoms with Crippen molar-refractivity contribution in [2.45, 2.75) is 12.8 Å². The van der Waals surface area contributed by atoms with Crippen LogP contribution in [-0.4, -0.2) is 35.4 Å². The fourth-order valence-corrected chi connectivity index (χ4v) is 3.39. The zero-order valence-corrected chi connectivity index (χ0v) is 19.8. The summed E-state index contributed by atoms with van der Waals surface area (Å²) >= 11 is 0. The Balaban J connectivity index is 1.56. The molecule has 0 aliphatic heterocycles. The van der Waals surface area contributed by atoms with E-state index in [0.717, 1.165) is 18.2 Å². The monoisotopic (exact) mass is 506 g/mol. The van der Waals surface area contributed by atoms with Crippen molar-refractivity contribution in [3.05, 3.63) is 101 Å². The number of benzene rings is 1. The second-order valence-electron chi connectivity index (χ2n) is 7.31. The van der Waals surface area contributed by atoms with Gasteiger partial charge in [0.05, 0.1) is 5.69 Å². The van der Waals surface area contributed by atoms with E-state index in [0.29, 0.717) is 23.4 Å². The molecule has 0 saturated carbocycles. The summed E-state index contributed by atoms with van der Waals surface area (Å²) in [6.45, 7) is -0.0185. The molecule has 4 N–H and O–H groups in total. The topological polar surface area (TPSA) is 133 Å². The minimum absolute atomic E-state index is 0.200. The molecule has 0 amide bonds. The molecule has 0 saturated heterocycles. The number of pyridine rings is 1. The summed E-state index contributed by atoms with van der Waals surface area (Å²) in [5, 5.41) is 6.76. The molecule has 0 fully saturated rings. The van der Waals surface area contributed by atoms with Gasteiger partial charge in [-0.1, -0.05) is 35.5 Å².